The summed E-state index contributed by atoms with van der Waals surface area (Å²) in [6.45, 7) is 8.59. The smallest absolute Gasteiger partial charge is 0.240 e. The van der Waals surface area contributed by atoms with Crippen LogP contribution in [0.2, 0.25) is 0 Å². The predicted molar refractivity (Wildman–Crippen MR) is 133 cm³/mol. The third kappa shape index (κ3) is 9.61. The molecule has 0 aromatic heterocycles. The number of aldehydes is 1. The molecular weight excluding hydrogens is 418 g/mol. The van der Waals surface area contributed by atoms with E-state index in [1.54, 1.807) is 7.05 Å². The van der Waals surface area contributed by atoms with Crippen LogP contribution in [-0.2, 0) is 20.8 Å². The van der Waals surface area contributed by atoms with Crippen LogP contribution in [0.25, 0.3) is 0 Å². The quantitative estimate of drug-likeness (QED) is 0.450. The summed E-state index contributed by atoms with van der Waals surface area (Å²) in [7, 11) is 3.57. The molecule has 186 valence electrons. The fraction of sp³-hybridized carbons (Fsp3) is 0.640. The predicted octanol–water partition coefficient (Wildman–Crippen LogP) is 1.05. The summed E-state index contributed by atoms with van der Waals surface area (Å²) in [5, 5.41) is 5.83. The monoisotopic (exact) mass is 461 g/mol. The maximum Gasteiger partial charge on any atom is 0.240 e. The number of rotatable bonds is 10. The summed E-state index contributed by atoms with van der Waals surface area (Å²) in [4.78, 5) is 38.7. The normalized spacial score (nSPS) is 16.5. The second-order valence-corrected chi connectivity index (χ2v) is 9.42. The van der Waals surface area contributed by atoms with Crippen molar-refractivity contribution in [3.63, 3.8) is 0 Å². The maximum atomic E-state index is 13.2. The van der Waals surface area contributed by atoms with E-state index in [9.17, 15) is 14.4 Å². The molecule has 0 bridgehead atoms. The zero-order valence-electron chi connectivity index (χ0n) is 21.0. The Bertz CT molecular complexity index is 721. The number of benzene rings is 1. The molecule has 0 spiro atoms. The Labute approximate surface area is 199 Å². The minimum Gasteiger partial charge on any atom is -0.339 e. The van der Waals surface area contributed by atoms with Gasteiger partial charge in [-0.1, -0.05) is 51.1 Å². The highest BCUT2D eigenvalue weighted by atomic mass is 16.2. The number of likely N-dealkylation sites (N-methyl/N-ethyl adjacent to an activating group) is 2. The lowest BCUT2D eigenvalue weighted by atomic mass is 9.86. The van der Waals surface area contributed by atoms with Gasteiger partial charge in [-0.25, -0.2) is 0 Å². The van der Waals surface area contributed by atoms with E-state index in [0.29, 0.717) is 19.6 Å². The van der Waals surface area contributed by atoms with Crippen molar-refractivity contribution in [2.75, 3.05) is 46.8 Å². The van der Waals surface area contributed by atoms with Crippen LogP contribution in [-0.4, -0.2) is 86.8 Å². The van der Waals surface area contributed by atoms with E-state index < -0.39 is 0 Å². The standard InChI is InChI=1S/C22H36N4O2.C3H7NO/c1-22(2,3)20(24-4)21(28)26-13-8-11-18(26)16-25(19(27)15-23)14-12-17-9-6-5-7-10-17;1-4-2-3-5/h5-7,9-10,18,20,24H,8,11-16,23H2,1-4H3;3-4H,2H2,1H3. The van der Waals surface area contributed by atoms with Gasteiger partial charge in [-0.2, -0.15) is 0 Å². The largest absolute Gasteiger partial charge is 0.339 e. The van der Waals surface area contributed by atoms with Gasteiger partial charge in [-0.05, 0) is 44.3 Å². The van der Waals surface area contributed by atoms with Gasteiger partial charge >= 0.3 is 0 Å². The molecule has 1 aliphatic heterocycles. The average molecular weight is 462 g/mol. The van der Waals surface area contributed by atoms with Crippen molar-refractivity contribution in [3.05, 3.63) is 35.9 Å². The molecule has 8 heteroatoms. The molecule has 1 aromatic rings. The van der Waals surface area contributed by atoms with Gasteiger partial charge in [0.05, 0.1) is 19.1 Å². The Morgan fingerprint density at radius 3 is 2.39 bits per heavy atom. The molecule has 2 atom stereocenters. The van der Waals surface area contributed by atoms with Crippen molar-refractivity contribution in [1.82, 2.24) is 20.4 Å². The first-order chi connectivity index (χ1) is 15.7. The topological polar surface area (TPSA) is 108 Å². The molecule has 1 saturated heterocycles. The van der Waals surface area contributed by atoms with Gasteiger partial charge in [0.15, 0.2) is 0 Å². The minimum absolute atomic E-state index is 0.00339. The molecule has 4 N–H and O–H groups in total. The lowest BCUT2D eigenvalue weighted by molar-refractivity contribution is -0.139. The first-order valence-electron chi connectivity index (χ1n) is 11.8. The van der Waals surface area contributed by atoms with Crippen molar-refractivity contribution >= 4 is 18.1 Å². The summed E-state index contributed by atoms with van der Waals surface area (Å²) >= 11 is 0. The minimum atomic E-state index is -0.240. The molecule has 1 aliphatic rings. The van der Waals surface area contributed by atoms with Gasteiger partial charge < -0.3 is 31.0 Å². The average Bonchev–Trinajstić information content (AvgIpc) is 3.25. The Morgan fingerprint density at radius 1 is 1.24 bits per heavy atom. The van der Waals surface area contributed by atoms with Gasteiger partial charge in [-0.3, -0.25) is 9.59 Å². The number of hydrogen-bond acceptors (Lipinski definition) is 6. The zero-order chi connectivity index (χ0) is 24.9. The van der Waals surface area contributed by atoms with Crippen molar-refractivity contribution in [2.24, 2.45) is 11.1 Å². The van der Waals surface area contributed by atoms with Crippen LogP contribution in [0.15, 0.2) is 30.3 Å². The fourth-order valence-corrected chi connectivity index (χ4v) is 4.10. The molecule has 8 nitrogen and oxygen atoms in total. The van der Waals surface area contributed by atoms with Crippen molar-refractivity contribution < 1.29 is 14.4 Å². The highest BCUT2D eigenvalue weighted by Gasteiger charge is 2.38. The lowest BCUT2D eigenvalue weighted by Gasteiger charge is -2.36. The van der Waals surface area contributed by atoms with E-state index in [0.717, 1.165) is 32.1 Å². The van der Waals surface area contributed by atoms with Gasteiger partial charge in [0, 0.05) is 25.7 Å². The third-order valence-electron chi connectivity index (χ3n) is 5.82. The summed E-state index contributed by atoms with van der Waals surface area (Å²) < 4.78 is 0. The molecule has 2 unspecified atom stereocenters. The molecule has 1 fully saturated rings. The number of carbonyl (C=O) groups is 3. The van der Waals surface area contributed by atoms with Crippen LogP contribution in [0.4, 0.5) is 0 Å². The van der Waals surface area contributed by atoms with Crippen LogP contribution < -0.4 is 16.4 Å². The summed E-state index contributed by atoms with van der Waals surface area (Å²) in [5.74, 6) is 0.0666. The number of hydrogen-bond donors (Lipinski definition) is 3. The first-order valence-corrected chi connectivity index (χ1v) is 11.8. The molecule has 2 amide bonds. The van der Waals surface area contributed by atoms with Gasteiger partial charge in [0.2, 0.25) is 11.8 Å². The van der Waals surface area contributed by atoms with Crippen LogP contribution in [0.3, 0.4) is 0 Å². The number of likely N-dealkylation sites (tertiary alicyclic amines) is 1. The third-order valence-corrected chi connectivity index (χ3v) is 5.82. The van der Waals surface area contributed by atoms with E-state index in [2.05, 4.69) is 43.5 Å². The van der Waals surface area contributed by atoms with Crippen LogP contribution in [0, 0.1) is 5.41 Å². The molecule has 0 saturated carbocycles. The Morgan fingerprint density at radius 2 is 1.91 bits per heavy atom. The van der Waals surface area contributed by atoms with E-state index in [-0.39, 0.29) is 35.9 Å². The second kappa shape index (κ2) is 14.8. The highest BCUT2D eigenvalue weighted by Crippen LogP contribution is 2.26. The fourth-order valence-electron chi connectivity index (χ4n) is 4.10. The molecule has 0 aliphatic carbocycles. The van der Waals surface area contributed by atoms with Crippen molar-refractivity contribution in [2.45, 2.75) is 52.1 Å². The van der Waals surface area contributed by atoms with Crippen LogP contribution in [0.1, 0.15) is 39.2 Å². The Kier molecular flexibility index (Phi) is 12.9. The number of carbonyl (C=O) groups excluding carboxylic acids is 3. The van der Waals surface area contributed by atoms with Gasteiger partial charge in [0.1, 0.15) is 6.29 Å². The Hall–Kier alpha value is -2.29. The molecule has 1 aromatic carbocycles. The van der Waals surface area contributed by atoms with E-state index in [1.165, 1.54) is 5.56 Å². The highest BCUT2D eigenvalue weighted by molar-refractivity contribution is 5.83. The number of nitrogens with zero attached hydrogens (tertiary/aromatic N) is 2. The number of nitrogens with two attached hydrogens (primary N) is 1. The van der Waals surface area contributed by atoms with Crippen molar-refractivity contribution in [3.8, 4) is 0 Å². The first kappa shape index (κ1) is 28.7. The summed E-state index contributed by atoms with van der Waals surface area (Å²) in [6.07, 6.45) is 3.50. The molecule has 33 heavy (non-hydrogen) atoms. The lowest BCUT2D eigenvalue weighted by Crippen LogP contribution is -2.55. The summed E-state index contributed by atoms with van der Waals surface area (Å²) in [6, 6.07) is 9.95. The molecule has 0 radical (unpaired) electrons. The van der Waals surface area contributed by atoms with E-state index >= 15 is 0 Å². The van der Waals surface area contributed by atoms with Crippen molar-refractivity contribution in [1.29, 1.82) is 0 Å². The number of nitrogens with one attached hydrogen (secondary N) is 2. The second-order valence-electron chi connectivity index (χ2n) is 9.42. The molecular formula is C25H43N5O3. The number of amides is 2. The van der Waals surface area contributed by atoms with E-state index in [1.807, 2.05) is 35.0 Å². The zero-order valence-corrected chi connectivity index (χ0v) is 21.0. The SMILES string of the molecule is CNC(C(=O)N1CCCC1CN(CCc1ccccc1)C(=O)CN)C(C)(C)C.CNCC=O. The molecule has 1 heterocycles. The maximum absolute atomic E-state index is 13.2. The Balaban J connectivity index is 0.000000981. The summed E-state index contributed by atoms with van der Waals surface area (Å²) in [5.41, 5.74) is 6.68. The van der Waals surface area contributed by atoms with Crippen LogP contribution >= 0.6 is 0 Å². The van der Waals surface area contributed by atoms with Gasteiger partial charge in [-0.15, -0.1) is 0 Å². The van der Waals surface area contributed by atoms with Crippen LogP contribution in [0.5, 0.6) is 0 Å². The van der Waals surface area contributed by atoms with Gasteiger partial charge in [0.25, 0.3) is 0 Å². The van der Waals surface area contributed by atoms with E-state index in [4.69, 9.17) is 5.73 Å². The molecule has 2 rings (SSSR count).